The van der Waals surface area contributed by atoms with Crippen molar-refractivity contribution in [2.45, 2.75) is 44.7 Å². The predicted octanol–water partition coefficient (Wildman–Crippen LogP) is 3.64. The number of carboxylic acid groups (broad SMARTS) is 1. The van der Waals surface area contributed by atoms with Crippen molar-refractivity contribution in [1.82, 2.24) is 10.2 Å². The Balaban J connectivity index is 1.36. The van der Waals surface area contributed by atoms with Crippen LogP contribution in [0.25, 0.3) is 11.1 Å². The smallest absolute Gasteiger partial charge is 0.407 e. The number of aliphatic carboxylic acids is 1. The molecule has 1 aliphatic heterocycles. The number of hydrogen-bond donors (Lipinski definition) is 2. The van der Waals surface area contributed by atoms with Gasteiger partial charge in [-0.05, 0) is 43.0 Å². The van der Waals surface area contributed by atoms with E-state index in [0.717, 1.165) is 22.3 Å². The van der Waals surface area contributed by atoms with Crippen molar-refractivity contribution in [3.8, 4) is 11.1 Å². The molecule has 35 heavy (non-hydrogen) atoms. The molecule has 1 fully saturated rings. The van der Waals surface area contributed by atoms with Crippen molar-refractivity contribution in [2.24, 2.45) is 5.92 Å². The van der Waals surface area contributed by atoms with E-state index < -0.39 is 29.6 Å². The van der Waals surface area contributed by atoms with Gasteiger partial charge in [0.15, 0.2) is 0 Å². The summed E-state index contributed by atoms with van der Waals surface area (Å²) in [7, 11) is 0. The van der Waals surface area contributed by atoms with Crippen molar-refractivity contribution in [1.29, 1.82) is 0 Å². The van der Waals surface area contributed by atoms with E-state index >= 15 is 0 Å². The van der Waals surface area contributed by atoms with Crippen LogP contribution in [-0.4, -0.2) is 65.9 Å². The largest absolute Gasteiger partial charge is 0.481 e. The van der Waals surface area contributed by atoms with E-state index in [9.17, 15) is 19.5 Å². The Morgan fingerprint density at radius 1 is 1.06 bits per heavy atom. The van der Waals surface area contributed by atoms with E-state index in [-0.39, 0.29) is 38.1 Å². The number of benzene rings is 2. The van der Waals surface area contributed by atoms with Crippen molar-refractivity contribution < 1.29 is 29.0 Å². The van der Waals surface area contributed by atoms with Crippen LogP contribution in [0.2, 0.25) is 0 Å². The van der Waals surface area contributed by atoms with Crippen molar-refractivity contribution >= 4 is 18.0 Å². The van der Waals surface area contributed by atoms with Gasteiger partial charge in [0.25, 0.3) is 0 Å². The summed E-state index contributed by atoms with van der Waals surface area (Å²) >= 11 is 0. The maximum Gasteiger partial charge on any atom is 0.407 e. The lowest BCUT2D eigenvalue weighted by molar-refractivity contribution is -0.145. The third-order valence-corrected chi connectivity index (χ3v) is 6.81. The fraction of sp³-hybridized carbons (Fsp3) is 0.444. The lowest BCUT2D eigenvalue weighted by atomic mass is 9.97. The van der Waals surface area contributed by atoms with Crippen LogP contribution >= 0.6 is 0 Å². The van der Waals surface area contributed by atoms with Crippen LogP contribution in [0.15, 0.2) is 48.5 Å². The minimum atomic E-state index is -0.977. The fourth-order valence-corrected chi connectivity index (χ4v) is 5.12. The van der Waals surface area contributed by atoms with Gasteiger partial charge in [0.1, 0.15) is 12.5 Å². The van der Waals surface area contributed by atoms with Crippen LogP contribution < -0.4 is 5.32 Å². The number of hydrogen-bond acceptors (Lipinski definition) is 5. The Morgan fingerprint density at radius 2 is 1.66 bits per heavy atom. The lowest BCUT2D eigenvalue weighted by Crippen LogP contribution is -2.51. The van der Waals surface area contributed by atoms with E-state index in [2.05, 4.69) is 29.6 Å². The highest BCUT2D eigenvalue weighted by atomic mass is 16.5. The minimum Gasteiger partial charge on any atom is -0.481 e. The van der Waals surface area contributed by atoms with E-state index in [0.29, 0.717) is 6.54 Å². The van der Waals surface area contributed by atoms with Crippen LogP contribution in [0.5, 0.6) is 0 Å². The van der Waals surface area contributed by atoms with Gasteiger partial charge in [-0.25, -0.2) is 4.79 Å². The number of carbonyl (C=O) groups excluding carboxylic acids is 2. The lowest BCUT2D eigenvalue weighted by Gasteiger charge is -2.33. The molecule has 2 aromatic carbocycles. The van der Waals surface area contributed by atoms with E-state index in [1.165, 1.54) is 4.90 Å². The Kier molecular flexibility index (Phi) is 7.12. The molecule has 8 heteroatoms. The Morgan fingerprint density at radius 3 is 2.23 bits per heavy atom. The number of alkyl carbamates (subject to hydrolysis) is 1. The van der Waals surface area contributed by atoms with Gasteiger partial charge >= 0.3 is 12.1 Å². The summed E-state index contributed by atoms with van der Waals surface area (Å²) in [5.74, 6) is -2.02. The number of carbonyl (C=O) groups is 3. The zero-order chi connectivity index (χ0) is 25.2. The molecule has 0 bridgehead atoms. The first kappa shape index (κ1) is 24.7. The number of likely N-dealkylation sites (N-methyl/N-ethyl adjacent to an activating group) is 1. The quantitative estimate of drug-likeness (QED) is 0.598. The van der Waals surface area contributed by atoms with Crippen molar-refractivity contribution in [2.75, 3.05) is 26.4 Å². The van der Waals surface area contributed by atoms with Gasteiger partial charge < -0.3 is 24.8 Å². The minimum absolute atomic E-state index is 0.00781. The normalized spacial score (nSPS) is 19.1. The number of amides is 2. The molecular weight excluding hydrogens is 448 g/mol. The molecular formula is C27H32N2O6. The summed E-state index contributed by atoms with van der Waals surface area (Å²) in [6, 6.07) is 15.7. The van der Waals surface area contributed by atoms with Gasteiger partial charge in [-0.3, -0.25) is 9.59 Å². The van der Waals surface area contributed by atoms with Crippen LogP contribution in [0.4, 0.5) is 4.79 Å². The maximum atomic E-state index is 13.1. The van der Waals surface area contributed by atoms with Crippen LogP contribution in [0.1, 0.15) is 44.2 Å². The van der Waals surface area contributed by atoms with Gasteiger partial charge in [0, 0.05) is 24.4 Å². The van der Waals surface area contributed by atoms with Crippen LogP contribution in [0, 0.1) is 5.92 Å². The molecule has 0 saturated carbocycles. The summed E-state index contributed by atoms with van der Waals surface area (Å²) in [6.45, 7) is 6.13. The van der Waals surface area contributed by atoms with E-state index in [4.69, 9.17) is 9.47 Å². The fourth-order valence-electron chi connectivity index (χ4n) is 5.12. The molecule has 2 unspecified atom stereocenters. The topological polar surface area (TPSA) is 105 Å². The Bertz CT molecular complexity index is 1070. The zero-order valence-corrected chi connectivity index (χ0v) is 20.3. The predicted molar refractivity (Wildman–Crippen MR) is 130 cm³/mol. The summed E-state index contributed by atoms with van der Waals surface area (Å²) in [4.78, 5) is 38.8. The van der Waals surface area contributed by atoms with Gasteiger partial charge in [0.2, 0.25) is 5.91 Å². The molecule has 4 rings (SSSR count). The molecule has 1 saturated heterocycles. The Hall–Kier alpha value is -3.39. The first-order valence-electron chi connectivity index (χ1n) is 11.9. The molecule has 0 aromatic heterocycles. The molecule has 1 heterocycles. The molecule has 186 valence electrons. The highest BCUT2D eigenvalue weighted by Crippen LogP contribution is 2.44. The van der Waals surface area contributed by atoms with Crippen LogP contribution in [-0.2, 0) is 19.1 Å². The SMILES string of the molecule is CCN(C(=O)CC(C)(C)NC(=O)OCC1c2ccccc2-c2ccccc21)C1COCC1C(=O)O. The second-order valence-electron chi connectivity index (χ2n) is 9.74. The Labute approximate surface area is 205 Å². The summed E-state index contributed by atoms with van der Waals surface area (Å²) in [6.07, 6.45) is -0.589. The number of carboxylic acids is 1. The number of nitrogens with one attached hydrogen (secondary N) is 1. The molecule has 0 spiro atoms. The standard InChI is InChI=1S/C27H32N2O6/c1-4-29(23-16-34-14-22(23)25(31)32)24(30)13-27(2,3)28-26(33)35-15-21-19-11-7-5-9-17(19)18-10-6-8-12-20(18)21/h5-12,21-23H,4,13-16H2,1-3H3,(H,28,33)(H,31,32). The third kappa shape index (κ3) is 5.17. The maximum absolute atomic E-state index is 13.1. The second-order valence-corrected chi connectivity index (χ2v) is 9.74. The number of ether oxygens (including phenoxy) is 2. The van der Waals surface area contributed by atoms with Crippen LogP contribution in [0.3, 0.4) is 0 Å². The summed E-state index contributed by atoms with van der Waals surface area (Å²) in [5, 5.41) is 12.2. The first-order chi connectivity index (χ1) is 16.7. The molecule has 2 amide bonds. The molecule has 0 radical (unpaired) electrons. The molecule has 8 nitrogen and oxygen atoms in total. The molecule has 2 aliphatic rings. The number of fused-ring (bicyclic) bond motifs is 3. The monoisotopic (exact) mass is 480 g/mol. The average molecular weight is 481 g/mol. The van der Waals surface area contributed by atoms with Gasteiger partial charge in [0.05, 0.1) is 19.3 Å². The molecule has 1 aliphatic carbocycles. The first-order valence-corrected chi connectivity index (χ1v) is 11.9. The highest BCUT2D eigenvalue weighted by molar-refractivity contribution is 5.81. The third-order valence-electron chi connectivity index (χ3n) is 6.81. The molecule has 2 aromatic rings. The van der Waals surface area contributed by atoms with Gasteiger partial charge in [-0.1, -0.05) is 48.5 Å². The molecule has 2 atom stereocenters. The van der Waals surface area contributed by atoms with Crippen molar-refractivity contribution in [3.63, 3.8) is 0 Å². The molecule has 2 N–H and O–H groups in total. The second kappa shape index (κ2) is 10.1. The van der Waals surface area contributed by atoms with E-state index in [1.807, 2.05) is 24.3 Å². The average Bonchev–Trinajstić information content (AvgIpc) is 3.41. The summed E-state index contributed by atoms with van der Waals surface area (Å²) in [5.41, 5.74) is 3.67. The zero-order valence-electron chi connectivity index (χ0n) is 20.3. The highest BCUT2D eigenvalue weighted by Gasteiger charge is 2.40. The summed E-state index contributed by atoms with van der Waals surface area (Å²) < 4.78 is 10.9. The van der Waals surface area contributed by atoms with Gasteiger partial charge in [-0.15, -0.1) is 0 Å². The van der Waals surface area contributed by atoms with E-state index in [1.54, 1.807) is 20.8 Å². The van der Waals surface area contributed by atoms with Crippen molar-refractivity contribution in [3.05, 3.63) is 59.7 Å². The van der Waals surface area contributed by atoms with Gasteiger partial charge in [-0.2, -0.15) is 0 Å². The number of rotatable bonds is 8. The number of nitrogens with zero attached hydrogens (tertiary/aromatic N) is 1.